The lowest BCUT2D eigenvalue weighted by atomic mass is 10.0. The summed E-state index contributed by atoms with van der Waals surface area (Å²) in [5.74, 6) is 0.136. The molecule has 1 heterocycles. The third-order valence-electron chi connectivity index (χ3n) is 4.54. The Morgan fingerprint density at radius 3 is 2.42 bits per heavy atom. The third kappa shape index (κ3) is 4.21. The maximum absolute atomic E-state index is 11.6. The van der Waals surface area contributed by atoms with Crippen LogP contribution in [-0.2, 0) is 11.3 Å². The molecule has 1 aliphatic heterocycles. The van der Waals surface area contributed by atoms with Crippen LogP contribution in [0.15, 0.2) is 49.1 Å². The summed E-state index contributed by atoms with van der Waals surface area (Å²) < 4.78 is 0. The second-order valence-corrected chi connectivity index (χ2v) is 7.10. The van der Waals surface area contributed by atoms with E-state index in [1.165, 1.54) is 6.08 Å². The summed E-state index contributed by atoms with van der Waals surface area (Å²) in [4.78, 5) is 15.7. The fourth-order valence-corrected chi connectivity index (χ4v) is 3.63. The Balaban J connectivity index is 1.70. The largest absolute Gasteiger partial charge is 0.508 e. The van der Waals surface area contributed by atoms with Crippen LogP contribution < -0.4 is 0 Å². The highest BCUT2D eigenvalue weighted by atomic mass is 35.5. The Morgan fingerprint density at radius 2 is 1.77 bits per heavy atom. The van der Waals surface area contributed by atoms with Crippen molar-refractivity contribution in [1.82, 2.24) is 9.80 Å². The molecule has 136 valence electrons. The summed E-state index contributed by atoms with van der Waals surface area (Å²) in [5.41, 5.74) is 2.59. The van der Waals surface area contributed by atoms with Gasteiger partial charge in [0.05, 0.1) is 0 Å². The Labute approximate surface area is 163 Å². The predicted octanol–water partition coefficient (Wildman–Crippen LogP) is 4.20. The zero-order valence-corrected chi connectivity index (χ0v) is 15.8. The number of rotatable bonds is 4. The second kappa shape index (κ2) is 8.12. The van der Waals surface area contributed by atoms with Crippen molar-refractivity contribution in [1.29, 1.82) is 0 Å². The zero-order valence-electron chi connectivity index (χ0n) is 14.3. The van der Waals surface area contributed by atoms with E-state index < -0.39 is 0 Å². The molecule has 0 bridgehead atoms. The molecule has 0 radical (unpaired) electrons. The molecule has 0 spiro atoms. The summed E-state index contributed by atoms with van der Waals surface area (Å²) in [6.45, 7) is 7.34. The van der Waals surface area contributed by atoms with Crippen molar-refractivity contribution >= 4 is 29.1 Å². The van der Waals surface area contributed by atoms with Crippen LogP contribution in [0, 0.1) is 0 Å². The number of hydrogen-bond acceptors (Lipinski definition) is 3. The molecule has 1 fully saturated rings. The summed E-state index contributed by atoms with van der Waals surface area (Å²) >= 11 is 12.7. The molecule has 1 N–H and O–H groups in total. The van der Waals surface area contributed by atoms with Crippen LogP contribution in [0.3, 0.4) is 0 Å². The summed E-state index contributed by atoms with van der Waals surface area (Å²) in [6, 6.07) is 10.7. The van der Waals surface area contributed by atoms with Gasteiger partial charge in [0.15, 0.2) is 0 Å². The lowest BCUT2D eigenvalue weighted by Crippen LogP contribution is -2.47. The molecular weight excluding hydrogens is 371 g/mol. The number of carbonyl (C=O) groups is 1. The van der Waals surface area contributed by atoms with E-state index in [2.05, 4.69) is 11.5 Å². The van der Waals surface area contributed by atoms with Gasteiger partial charge in [-0.05, 0) is 35.9 Å². The monoisotopic (exact) mass is 390 g/mol. The normalized spacial score (nSPS) is 15.1. The molecule has 0 unspecified atom stereocenters. The van der Waals surface area contributed by atoms with Gasteiger partial charge in [0.2, 0.25) is 5.91 Å². The fraction of sp³-hybridized carbons (Fsp3) is 0.250. The van der Waals surface area contributed by atoms with E-state index in [1.54, 1.807) is 18.2 Å². The zero-order chi connectivity index (χ0) is 18.7. The number of piperazine rings is 1. The number of amides is 1. The molecule has 0 atom stereocenters. The standard InChI is InChI=1S/C20H20Cl2N2O2/c1-2-20(26)24-9-7-23(8-10-24)13-14-3-5-16(19(22)11-14)17-12-15(25)4-6-18(17)21/h2-6,11-12,25H,1,7-10,13H2. The fourth-order valence-electron chi connectivity index (χ4n) is 3.11. The Bertz CT molecular complexity index is 831. The first-order valence-corrected chi connectivity index (χ1v) is 9.14. The molecule has 0 aromatic heterocycles. The smallest absolute Gasteiger partial charge is 0.246 e. The average molecular weight is 391 g/mol. The predicted molar refractivity (Wildman–Crippen MR) is 106 cm³/mol. The average Bonchev–Trinajstić information content (AvgIpc) is 2.64. The van der Waals surface area contributed by atoms with Gasteiger partial charge >= 0.3 is 0 Å². The van der Waals surface area contributed by atoms with Gasteiger partial charge < -0.3 is 10.0 Å². The molecule has 3 rings (SSSR count). The topological polar surface area (TPSA) is 43.8 Å². The van der Waals surface area contributed by atoms with Crippen molar-refractivity contribution in [3.63, 3.8) is 0 Å². The first kappa shape index (κ1) is 18.8. The molecule has 0 saturated carbocycles. The van der Waals surface area contributed by atoms with Crippen molar-refractivity contribution in [2.45, 2.75) is 6.54 Å². The molecule has 0 aliphatic carbocycles. The minimum absolute atomic E-state index is 0.0139. The van der Waals surface area contributed by atoms with Gasteiger partial charge in [-0.1, -0.05) is 41.9 Å². The summed E-state index contributed by atoms with van der Waals surface area (Å²) in [7, 11) is 0. The van der Waals surface area contributed by atoms with E-state index in [-0.39, 0.29) is 11.7 Å². The van der Waals surface area contributed by atoms with Crippen LogP contribution in [0.5, 0.6) is 5.75 Å². The second-order valence-electron chi connectivity index (χ2n) is 6.28. The molecule has 4 nitrogen and oxygen atoms in total. The van der Waals surface area contributed by atoms with Gasteiger partial charge in [-0.2, -0.15) is 0 Å². The molecule has 2 aromatic rings. The Hall–Kier alpha value is -2.01. The number of benzene rings is 2. The first-order chi connectivity index (χ1) is 12.5. The maximum Gasteiger partial charge on any atom is 0.246 e. The Kier molecular flexibility index (Phi) is 5.87. The molecule has 1 aliphatic rings. The number of hydrogen-bond donors (Lipinski definition) is 1. The first-order valence-electron chi connectivity index (χ1n) is 8.39. The minimum atomic E-state index is -0.0139. The van der Waals surface area contributed by atoms with Crippen LogP contribution in [0.2, 0.25) is 10.0 Å². The molecule has 1 amide bonds. The van der Waals surface area contributed by atoms with E-state index in [9.17, 15) is 9.90 Å². The van der Waals surface area contributed by atoms with Crippen molar-refractivity contribution < 1.29 is 9.90 Å². The number of phenolic OH excluding ortho intramolecular Hbond substituents is 1. The number of halogens is 2. The lowest BCUT2D eigenvalue weighted by Gasteiger charge is -2.34. The quantitative estimate of drug-likeness (QED) is 0.795. The van der Waals surface area contributed by atoms with Crippen LogP contribution in [0.1, 0.15) is 5.56 Å². The molecule has 26 heavy (non-hydrogen) atoms. The van der Waals surface area contributed by atoms with Crippen molar-refractivity contribution in [3.8, 4) is 16.9 Å². The number of carbonyl (C=O) groups excluding carboxylic acids is 1. The molecule has 1 saturated heterocycles. The van der Waals surface area contributed by atoms with E-state index >= 15 is 0 Å². The summed E-state index contributed by atoms with van der Waals surface area (Å²) in [5, 5.41) is 10.8. The highest BCUT2D eigenvalue weighted by Gasteiger charge is 2.19. The number of phenols is 1. The van der Waals surface area contributed by atoms with Crippen molar-refractivity contribution in [2.75, 3.05) is 26.2 Å². The van der Waals surface area contributed by atoms with Crippen molar-refractivity contribution in [3.05, 3.63) is 64.7 Å². The van der Waals surface area contributed by atoms with Gasteiger partial charge in [0, 0.05) is 53.9 Å². The van der Waals surface area contributed by atoms with Gasteiger partial charge in [-0.15, -0.1) is 0 Å². The van der Waals surface area contributed by atoms with Crippen molar-refractivity contribution in [2.24, 2.45) is 0 Å². The number of aromatic hydroxyl groups is 1. The number of nitrogens with zero attached hydrogens (tertiary/aromatic N) is 2. The summed E-state index contributed by atoms with van der Waals surface area (Å²) in [6.07, 6.45) is 1.36. The van der Waals surface area contributed by atoms with Gasteiger partial charge in [0.25, 0.3) is 0 Å². The lowest BCUT2D eigenvalue weighted by molar-refractivity contribution is -0.127. The molecular formula is C20H20Cl2N2O2. The van der Waals surface area contributed by atoms with Gasteiger partial charge in [0.1, 0.15) is 5.75 Å². The Morgan fingerprint density at radius 1 is 1.04 bits per heavy atom. The van der Waals surface area contributed by atoms with E-state index in [0.29, 0.717) is 28.7 Å². The van der Waals surface area contributed by atoms with Gasteiger partial charge in [-0.3, -0.25) is 9.69 Å². The van der Waals surface area contributed by atoms with Crippen LogP contribution in [0.25, 0.3) is 11.1 Å². The van der Waals surface area contributed by atoms with E-state index in [4.69, 9.17) is 23.2 Å². The highest BCUT2D eigenvalue weighted by Crippen LogP contribution is 2.36. The van der Waals surface area contributed by atoms with Crippen LogP contribution >= 0.6 is 23.2 Å². The molecule has 6 heteroatoms. The molecule has 2 aromatic carbocycles. The third-order valence-corrected chi connectivity index (χ3v) is 5.18. The minimum Gasteiger partial charge on any atom is -0.508 e. The van der Waals surface area contributed by atoms with E-state index in [1.807, 2.05) is 23.1 Å². The van der Waals surface area contributed by atoms with E-state index in [0.717, 1.165) is 30.8 Å². The van der Waals surface area contributed by atoms with Crippen LogP contribution in [-0.4, -0.2) is 47.0 Å². The van der Waals surface area contributed by atoms with Gasteiger partial charge in [-0.25, -0.2) is 0 Å². The maximum atomic E-state index is 11.6. The SMILES string of the molecule is C=CC(=O)N1CCN(Cc2ccc(-c3cc(O)ccc3Cl)c(Cl)c2)CC1. The van der Waals surface area contributed by atoms with Crippen LogP contribution in [0.4, 0.5) is 0 Å². The highest BCUT2D eigenvalue weighted by molar-refractivity contribution is 6.36.